The molecule has 0 radical (unpaired) electrons. The number of anilines is 1. The number of nitrogens with one attached hydrogen (secondary N) is 1. The van der Waals surface area contributed by atoms with E-state index in [1.165, 1.54) is 17.4 Å². The summed E-state index contributed by atoms with van der Waals surface area (Å²) in [7, 11) is 0. The fraction of sp³-hybridized carbons (Fsp3) is 0.118. The molecular formula is C17H10ClF3N2O3S2. The minimum atomic E-state index is -4.68. The Bertz CT molecular complexity index is 975. The molecule has 3 amide bonds. The summed E-state index contributed by atoms with van der Waals surface area (Å²) in [6.45, 7) is -0.615. The Balaban J connectivity index is 1.70. The minimum absolute atomic E-state index is 0.150. The largest absolute Gasteiger partial charge is 0.417 e. The lowest BCUT2D eigenvalue weighted by atomic mass is 10.2. The molecule has 28 heavy (non-hydrogen) atoms. The molecule has 2 aromatic rings. The van der Waals surface area contributed by atoms with Crippen LogP contribution in [-0.2, 0) is 15.8 Å². The number of hydrogen-bond acceptors (Lipinski definition) is 5. The van der Waals surface area contributed by atoms with Crippen molar-refractivity contribution in [1.82, 2.24) is 4.90 Å². The number of carbonyl (C=O) groups is 3. The molecule has 1 aliphatic heterocycles. The van der Waals surface area contributed by atoms with Gasteiger partial charge in [-0.1, -0.05) is 17.7 Å². The number of benzene rings is 1. The van der Waals surface area contributed by atoms with Crippen LogP contribution in [-0.4, -0.2) is 28.5 Å². The number of nitrogens with zero attached hydrogens (tertiary/aromatic N) is 1. The van der Waals surface area contributed by atoms with Gasteiger partial charge in [0.05, 0.1) is 15.5 Å². The Morgan fingerprint density at radius 2 is 2.00 bits per heavy atom. The average Bonchev–Trinajstić information content (AvgIpc) is 3.20. The molecule has 146 valence electrons. The van der Waals surface area contributed by atoms with E-state index in [2.05, 4.69) is 5.32 Å². The standard InChI is InChI=1S/C17H10ClF3N2O3S2/c18-12-4-3-9(6-11(12)17(19,20)21)22-14(24)8-23-15(25)13(28-16(23)26)7-10-2-1-5-27-10/h1-7H,8H2,(H,22,24)/b13-7-. The molecule has 0 saturated carbocycles. The second-order valence-corrected chi connectivity index (χ2v) is 7.90. The molecule has 0 unspecified atom stereocenters. The van der Waals surface area contributed by atoms with Gasteiger partial charge in [-0.05, 0) is 47.5 Å². The summed E-state index contributed by atoms with van der Waals surface area (Å²) < 4.78 is 38.7. The van der Waals surface area contributed by atoms with Gasteiger partial charge in [-0.2, -0.15) is 13.2 Å². The van der Waals surface area contributed by atoms with Gasteiger partial charge in [0.2, 0.25) is 5.91 Å². The Kier molecular flexibility index (Phi) is 5.82. The highest BCUT2D eigenvalue weighted by Crippen LogP contribution is 2.36. The van der Waals surface area contributed by atoms with Crippen LogP contribution in [0.3, 0.4) is 0 Å². The van der Waals surface area contributed by atoms with Gasteiger partial charge in [-0.25, -0.2) is 0 Å². The van der Waals surface area contributed by atoms with Crippen molar-refractivity contribution in [3.63, 3.8) is 0 Å². The number of hydrogen-bond donors (Lipinski definition) is 1. The zero-order valence-corrected chi connectivity index (χ0v) is 16.1. The van der Waals surface area contributed by atoms with Crippen molar-refractivity contribution in [2.45, 2.75) is 6.18 Å². The average molecular weight is 447 g/mol. The third-order valence-corrected chi connectivity index (χ3v) is 5.60. The molecule has 2 heterocycles. The lowest BCUT2D eigenvalue weighted by Crippen LogP contribution is -2.36. The number of rotatable bonds is 4. The van der Waals surface area contributed by atoms with E-state index in [-0.39, 0.29) is 10.6 Å². The Labute approximate surface area is 170 Å². The van der Waals surface area contributed by atoms with Crippen molar-refractivity contribution < 1.29 is 27.6 Å². The van der Waals surface area contributed by atoms with Gasteiger partial charge < -0.3 is 5.32 Å². The van der Waals surface area contributed by atoms with Crippen molar-refractivity contribution in [2.75, 3.05) is 11.9 Å². The number of alkyl halides is 3. The third-order valence-electron chi connectivity index (χ3n) is 3.55. The first-order valence-electron chi connectivity index (χ1n) is 7.60. The SMILES string of the molecule is O=C(CN1C(=O)S/C(=C\c2cccs2)C1=O)Nc1ccc(Cl)c(C(F)(F)F)c1. The van der Waals surface area contributed by atoms with E-state index in [1.54, 1.807) is 18.2 Å². The number of imide groups is 1. The van der Waals surface area contributed by atoms with Crippen molar-refractivity contribution in [1.29, 1.82) is 0 Å². The molecule has 1 aromatic carbocycles. The second-order valence-electron chi connectivity index (χ2n) is 5.52. The van der Waals surface area contributed by atoms with E-state index in [1.807, 2.05) is 5.38 Å². The molecule has 11 heteroatoms. The normalized spacial score (nSPS) is 16.1. The maximum atomic E-state index is 12.9. The van der Waals surface area contributed by atoms with Crippen LogP contribution in [0, 0.1) is 0 Å². The third kappa shape index (κ3) is 4.57. The van der Waals surface area contributed by atoms with E-state index in [0.29, 0.717) is 17.8 Å². The van der Waals surface area contributed by atoms with Gasteiger partial charge in [0, 0.05) is 10.6 Å². The number of amides is 3. The summed E-state index contributed by atoms with van der Waals surface area (Å²) in [6.07, 6.45) is -3.14. The predicted molar refractivity (Wildman–Crippen MR) is 102 cm³/mol. The van der Waals surface area contributed by atoms with E-state index < -0.39 is 40.4 Å². The van der Waals surface area contributed by atoms with Gasteiger partial charge >= 0.3 is 6.18 Å². The van der Waals surface area contributed by atoms with Crippen molar-refractivity contribution in [3.05, 3.63) is 56.1 Å². The molecule has 1 saturated heterocycles. The second kappa shape index (κ2) is 7.98. The highest BCUT2D eigenvalue weighted by molar-refractivity contribution is 8.18. The first-order chi connectivity index (χ1) is 13.1. The van der Waals surface area contributed by atoms with Crippen LogP contribution in [0.5, 0.6) is 0 Å². The lowest BCUT2D eigenvalue weighted by Gasteiger charge is -2.14. The molecule has 0 aliphatic carbocycles. The monoisotopic (exact) mass is 446 g/mol. The van der Waals surface area contributed by atoms with Crippen LogP contribution in [0.15, 0.2) is 40.6 Å². The Morgan fingerprint density at radius 1 is 1.25 bits per heavy atom. The summed E-state index contributed by atoms with van der Waals surface area (Å²) in [6, 6.07) is 6.44. The summed E-state index contributed by atoms with van der Waals surface area (Å²) >= 11 is 7.60. The molecule has 0 atom stereocenters. The van der Waals surface area contributed by atoms with Crippen LogP contribution in [0.25, 0.3) is 6.08 Å². The highest BCUT2D eigenvalue weighted by atomic mass is 35.5. The molecule has 1 fully saturated rings. The number of halogens is 4. The number of thioether (sulfide) groups is 1. The fourth-order valence-electron chi connectivity index (χ4n) is 2.30. The van der Waals surface area contributed by atoms with Crippen LogP contribution in [0.2, 0.25) is 5.02 Å². The summed E-state index contributed by atoms with van der Waals surface area (Å²) in [5, 5.41) is 2.92. The van der Waals surface area contributed by atoms with E-state index >= 15 is 0 Å². The smallest absolute Gasteiger partial charge is 0.325 e. The quantitative estimate of drug-likeness (QED) is 0.664. The molecule has 1 aliphatic rings. The molecule has 1 aromatic heterocycles. The molecule has 5 nitrogen and oxygen atoms in total. The zero-order valence-electron chi connectivity index (χ0n) is 13.7. The summed E-state index contributed by atoms with van der Waals surface area (Å²) in [4.78, 5) is 38.2. The number of carbonyl (C=O) groups excluding carboxylic acids is 3. The Hall–Kier alpha value is -2.30. The molecular weight excluding hydrogens is 437 g/mol. The molecule has 0 bridgehead atoms. The van der Waals surface area contributed by atoms with Gasteiger partial charge in [0.25, 0.3) is 11.1 Å². The fourth-order valence-corrected chi connectivity index (χ4v) is 4.09. The lowest BCUT2D eigenvalue weighted by molar-refractivity contribution is -0.137. The zero-order chi connectivity index (χ0) is 20.5. The highest BCUT2D eigenvalue weighted by Gasteiger charge is 2.37. The van der Waals surface area contributed by atoms with Crippen LogP contribution in [0.4, 0.5) is 23.7 Å². The van der Waals surface area contributed by atoms with E-state index in [0.717, 1.165) is 15.8 Å². The topological polar surface area (TPSA) is 66.5 Å². The number of thiophene rings is 1. The Morgan fingerprint density at radius 3 is 2.64 bits per heavy atom. The molecule has 3 rings (SSSR count). The maximum absolute atomic E-state index is 12.9. The maximum Gasteiger partial charge on any atom is 0.417 e. The first kappa shape index (κ1) is 20.4. The minimum Gasteiger partial charge on any atom is -0.325 e. The van der Waals surface area contributed by atoms with Crippen LogP contribution < -0.4 is 5.32 Å². The van der Waals surface area contributed by atoms with E-state index in [4.69, 9.17) is 11.6 Å². The van der Waals surface area contributed by atoms with Crippen molar-refractivity contribution in [2.24, 2.45) is 0 Å². The molecule has 0 spiro atoms. The molecule has 1 N–H and O–H groups in total. The summed E-state index contributed by atoms with van der Waals surface area (Å²) in [5.74, 6) is -1.44. The van der Waals surface area contributed by atoms with Crippen LogP contribution >= 0.6 is 34.7 Å². The van der Waals surface area contributed by atoms with Gasteiger partial charge in [-0.15, -0.1) is 11.3 Å². The van der Waals surface area contributed by atoms with Gasteiger partial charge in [0.1, 0.15) is 6.54 Å². The first-order valence-corrected chi connectivity index (χ1v) is 9.68. The predicted octanol–water partition coefficient (Wildman–Crippen LogP) is 5.10. The van der Waals surface area contributed by atoms with Gasteiger partial charge in [0.15, 0.2) is 0 Å². The van der Waals surface area contributed by atoms with Crippen molar-refractivity contribution >= 4 is 63.5 Å². The van der Waals surface area contributed by atoms with E-state index in [9.17, 15) is 27.6 Å². The van der Waals surface area contributed by atoms with Crippen LogP contribution in [0.1, 0.15) is 10.4 Å². The van der Waals surface area contributed by atoms with Gasteiger partial charge in [-0.3, -0.25) is 19.3 Å². The summed E-state index contributed by atoms with van der Waals surface area (Å²) in [5.41, 5.74) is -1.25. The van der Waals surface area contributed by atoms with Crippen molar-refractivity contribution in [3.8, 4) is 0 Å².